The fraction of sp³-hybridized carbons (Fsp3) is 0.158. The molecule has 1 N–H and O–H groups in total. The first kappa shape index (κ1) is 17.6. The van der Waals surface area contributed by atoms with Crippen LogP contribution in [0.5, 0.6) is 5.75 Å². The number of benzene rings is 2. The molecule has 0 heterocycles. The first-order valence-electron chi connectivity index (χ1n) is 7.07. The van der Waals surface area contributed by atoms with Gasteiger partial charge in [0.2, 0.25) is 0 Å². The Kier molecular flexibility index (Phi) is 5.67. The molecule has 0 aromatic heterocycles. The molecule has 5 heteroatoms. The first-order chi connectivity index (χ1) is 11.4. The Morgan fingerprint density at radius 1 is 1.08 bits per heavy atom. The number of allylic oxidation sites excluding steroid dienone is 1. The van der Waals surface area contributed by atoms with Crippen molar-refractivity contribution < 1.29 is 23.0 Å². The minimum atomic E-state index is -4.57. The van der Waals surface area contributed by atoms with Gasteiger partial charge in [0.1, 0.15) is 11.9 Å². The second-order valence-corrected chi connectivity index (χ2v) is 4.93. The smallest absolute Gasteiger partial charge is 0.410 e. The third-order valence-corrected chi connectivity index (χ3v) is 3.17. The summed E-state index contributed by atoms with van der Waals surface area (Å²) in [6.45, 7) is 0. The topological polar surface area (TPSA) is 29.5 Å². The molecule has 0 saturated carbocycles. The largest absolute Gasteiger partial charge is 0.497 e. The number of hydrogen-bond acceptors (Lipinski definition) is 2. The van der Waals surface area contributed by atoms with Gasteiger partial charge in [0, 0.05) is 17.2 Å². The molecule has 0 bridgehead atoms. The highest BCUT2D eigenvalue weighted by molar-refractivity contribution is 5.45. The van der Waals surface area contributed by atoms with Gasteiger partial charge in [-0.15, -0.1) is 0 Å². The van der Waals surface area contributed by atoms with E-state index in [1.165, 1.54) is 7.11 Å². The molecule has 0 saturated heterocycles. The van der Waals surface area contributed by atoms with Gasteiger partial charge >= 0.3 is 6.18 Å². The highest BCUT2D eigenvalue weighted by Gasteiger charge is 2.26. The average molecular weight is 332 g/mol. The Morgan fingerprint density at radius 2 is 1.71 bits per heavy atom. The third-order valence-electron chi connectivity index (χ3n) is 3.17. The van der Waals surface area contributed by atoms with Crippen molar-refractivity contribution in [1.29, 1.82) is 0 Å². The zero-order chi connectivity index (χ0) is 17.6. The van der Waals surface area contributed by atoms with Crippen LogP contribution in [0.2, 0.25) is 0 Å². The van der Waals surface area contributed by atoms with Crippen LogP contribution in [0.15, 0.2) is 66.2 Å². The molecule has 0 spiro atoms. The molecule has 124 valence electrons. The lowest BCUT2D eigenvalue weighted by Gasteiger charge is -2.12. The Labute approximate surface area is 138 Å². The second-order valence-electron chi connectivity index (χ2n) is 4.93. The van der Waals surface area contributed by atoms with Gasteiger partial charge in [-0.2, -0.15) is 13.2 Å². The maximum atomic E-state index is 12.7. The van der Waals surface area contributed by atoms with Crippen LogP contribution in [0, 0.1) is 11.8 Å². The summed E-state index contributed by atoms with van der Waals surface area (Å²) in [5.74, 6) is 5.69. The van der Waals surface area contributed by atoms with Crippen LogP contribution in [0.1, 0.15) is 17.2 Å². The van der Waals surface area contributed by atoms with E-state index in [4.69, 9.17) is 4.74 Å². The van der Waals surface area contributed by atoms with Crippen molar-refractivity contribution in [3.8, 4) is 17.6 Å². The van der Waals surface area contributed by atoms with Crippen molar-refractivity contribution >= 4 is 0 Å². The van der Waals surface area contributed by atoms with Crippen LogP contribution in [-0.4, -0.2) is 18.4 Å². The average Bonchev–Trinajstić information content (AvgIpc) is 2.58. The number of methoxy groups -OCH3 is 1. The number of rotatable bonds is 3. The Morgan fingerprint density at radius 3 is 2.25 bits per heavy atom. The monoisotopic (exact) mass is 332 g/mol. The SMILES string of the molecule is COc1ccc(C#C/C(=C\C(F)(F)F)C(O)c2ccccc2)cc1. The molecule has 0 aliphatic heterocycles. The van der Waals surface area contributed by atoms with Gasteiger partial charge in [-0.1, -0.05) is 42.2 Å². The molecular formula is C19H15F3O2. The van der Waals surface area contributed by atoms with Crippen LogP contribution in [0.4, 0.5) is 13.2 Å². The highest BCUT2D eigenvalue weighted by atomic mass is 19.4. The normalized spacial score (nSPS) is 13.0. The van der Waals surface area contributed by atoms with Crippen LogP contribution < -0.4 is 4.74 Å². The van der Waals surface area contributed by atoms with E-state index >= 15 is 0 Å². The van der Waals surface area contributed by atoms with Gasteiger partial charge in [-0.3, -0.25) is 0 Å². The summed E-state index contributed by atoms with van der Waals surface area (Å²) >= 11 is 0. The number of aliphatic hydroxyl groups is 1. The molecule has 2 aromatic carbocycles. The fourth-order valence-corrected chi connectivity index (χ4v) is 1.99. The predicted octanol–water partition coefficient (Wildman–Crippen LogP) is 4.27. The Hall–Kier alpha value is -2.71. The van der Waals surface area contributed by atoms with Gasteiger partial charge < -0.3 is 9.84 Å². The second kappa shape index (κ2) is 7.71. The lowest BCUT2D eigenvalue weighted by molar-refractivity contribution is -0.0810. The Bertz CT molecular complexity index is 751. The number of aliphatic hydroxyl groups excluding tert-OH is 1. The zero-order valence-corrected chi connectivity index (χ0v) is 12.8. The lowest BCUT2D eigenvalue weighted by atomic mass is 10.0. The van der Waals surface area contributed by atoms with Crippen molar-refractivity contribution in [3.05, 3.63) is 77.4 Å². The maximum Gasteiger partial charge on any atom is 0.410 e. The summed E-state index contributed by atoms with van der Waals surface area (Å²) in [6.07, 6.45) is -5.99. The van der Waals surface area contributed by atoms with E-state index < -0.39 is 17.9 Å². The van der Waals surface area contributed by atoms with Gasteiger partial charge in [0.25, 0.3) is 0 Å². The standard InChI is InChI=1S/C19H15F3O2/c1-24-17-11-8-14(9-12-17)7-10-16(13-19(20,21)22)18(23)15-5-3-2-4-6-15/h2-6,8-9,11-13,18,23H,1H3/b16-13+. The summed E-state index contributed by atoms with van der Waals surface area (Å²) in [5, 5.41) is 10.2. The molecule has 2 nitrogen and oxygen atoms in total. The van der Waals surface area contributed by atoms with Crippen molar-refractivity contribution in [1.82, 2.24) is 0 Å². The first-order valence-corrected chi connectivity index (χ1v) is 7.07. The molecule has 2 aromatic rings. The van der Waals surface area contributed by atoms with Crippen molar-refractivity contribution in [2.24, 2.45) is 0 Å². The summed E-state index contributed by atoms with van der Waals surface area (Å²) in [5.41, 5.74) is 0.450. The summed E-state index contributed by atoms with van der Waals surface area (Å²) in [6, 6.07) is 14.7. The third kappa shape index (κ3) is 5.18. The van der Waals surface area contributed by atoms with E-state index in [1.807, 2.05) is 0 Å². The van der Waals surface area contributed by atoms with Crippen molar-refractivity contribution in [2.45, 2.75) is 12.3 Å². The predicted molar refractivity (Wildman–Crippen MR) is 85.4 cm³/mol. The zero-order valence-electron chi connectivity index (χ0n) is 12.8. The van der Waals surface area contributed by atoms with Crippen LogP contribution in [0.3, 0.4) is 0 Å². The molecule has 0 radical (unpaired) electrons. The molecule has 0 aliphatic rings. The summed E-state index contributed by atoms with van der Waals surface area (Å²) in [7, 11) is 1.51. The quantitative estimate of drug-likeness (QED) is 0.851. The fourth-order valence-electron chi connectivity index (χ4n) is 1.99. The lowest BCUT2D eigenvalue weighted by Crippen LogP contribution is -2.08. The van der Waals surface area contributed by atoms with E-state index in [9.17, 15) is 18.3 Å². The number of halogens is 3. The van der Waals surface area contributed by atoms with E-state index in [-0.39, 0.29) is 6.08 Å². The van der Waals surface area contributed by atoms with Gasteiger partial charge in [-0.05, 0) is 29.8 Å². The van der Waals surface area contributed by atoms with E-state index in [2.05, 4.69) is 11.8 Å². The Balaban J connectivity index is 2.34. The molecule has 0 aliphatic carbocycles. The van der Waals surface area contributed by atoms with Crippen LogP contribution in [-0.2, 0) is 0 Å². The van der Waals surface area contributed by atoms with Crippen LogP contribution >= 0.6 is 0 Å². The highest BCUT2D eigenvalue weighted by Crippen LogP contribution is 2.26. The van der Waals surface area contributed by atoms with Crippen molar-refractivity contribution in [2.75, 3.05) is 7.11 Å². The number of alkyl halides is 3. The van der Waals surface area contributed by atoms with Crippen molar-refractivity contribution in [3.63, 3.8) is 0 Å². The minimum absolute atomic E-state index is 0.0290. The van der Waals surface area contributed by atoms with E-state index in [1.54, 1.807) is 54.6 Å². The minimum Gasteiger partial charge on any atom is -0.497 e. The van der Waals surface area contributed by atoms with Gasteiger partial charge in [0.05, 0.1) is 7.11 Å². The molecule has 1 unspecified atom stereocenters. The molecule has 2 rings (SSSR count). The number of ether oxygens (including phenoxy) is 1. The number of hydrogen-bond donors (Lipinski definition) is 1. The van der Waals surface area contributed by atoms with Gasteiger partial charge in [-0.25, -0.2) is 0 Å². The summed E-state index contributed by atoms with van der Waals surface area (Å²) in [4.78, 5) is 0. The molecule has 24 heavy (non-hydrogen) atoms. The van der Waals surface area contributed by atoms with Gasteiger partial charge in [0.15, 0.2) is 0 Å². The van der Waals surface area contributed by atoms with E-state index in [0.717, 1.165) is 0 Å². The van der Waals surface area contributed by atoms with E-state index in [0.29, 0.717) is 16.9 Å². The maximum absolute atomic E-state index is 12.7. The molecule has 1 atom stereocenters. The summed E-state index contributed by atoms with van der Waals surface area (Å²) < 4.78 is 43.2. The molecule has 0 amide bonds. The molecular weight excluding hydrogens is 317 g/mol. The van der Waals surface area contributed by atoms with Crippen LogP contribution in [0.25, 0.3) is 0 Å². The molecule has 0 fully saturated rings.